The van der Waals surface area contributed by atoms with E-state index in [-0.39, 0.29) is 23.3 Å². The summed E-state index contributed by atoms with van der Waals surface area (Å²) in [5.74, 6) is 0.553. The maximum Gasteiger partial charge on any atom is 0.349 e. The van der Waals surface area contributed by atoms with E-state index >= 15 is 0 Å². The molecule has 2 unspecified atom stereocenters. The van der Waals surface area contributed by atoms with Crippen molar-refractivity contribution in [2.45, 2.75) is 12.3 Å². The van der Waals surface area contributed by atoms with Crippen LogP contribution in [0.1, 0.15) is 28.3 Å². The normalized spacial score (nSPS) is 20.3. The molecule has 1 saturated carbocycles. The van der Waals surface area contributed by atoms with Crippen LogP contribution in [0.25, 0.3) is 11.0 Å². The molecule has 7 heteroatoms. The number of hydrogen-bond acceptors (Lipinski definition) is 5. The molecule has 1 aliphatic carbocycles. The lowest BCUT2D eigenvalue weighted by molar-refractivity contribution is -0.134. The lowest BCUT2D eigenvalue weighted by Crippen LogP contribution is -2.51. The minimum absolute atomic E-state index is 0.00290. The number of fused-ring (bicyclic) bond motifs is 1. The van der Waals surface area contributed by atoms with Gasteiger partial charge in [-0.1, -0.05) is 42.5 Å². The first kappa shape index (κ1) is 20.3. The molecule has 2 aliphatic rings. The fraction of sp³-hybridized carbons (Fsp3) is 0.320. The first-order valence-corrected chi connectivity index (χ1v) is 10.8. The van der Waals surface area contributed by atoms with Crippen molar-refractivity contribution in [1.29, 1.82) is 0 Å². The molecule has 2 aromatic carbocycles. The number of nitrogens with zero attached hydrogens (tertiary/aromatic N) is 2. The summed E-state index contributed by atoms with van der Waals surface area (Å²) in [5, 5.41) is 0.627. The quantitative estimate of drug-likeness (QED) is 0.593. The van der Waals surface area contributed by atoms with Gasteiger partial charge in [-0.25, -0.2) is 4.79 Å². The Bertz CT molecular complexity index is 1230. The van der Waals surface area contributed by atoms with Gasteiger partial charge in [-0.3, -0.25) is 9.59 Å². The third-order valence-corrected chi connectivity index (χ3v) is 6.39. The summed E-state index contributed by atoms with van der Waals surface area (Å²) >= 11 is 0. The van der Waals surface area contributed by atoms with Crippen LogP contribution in [0.15, 0.2) is 63.8 Å². The Morgan fingerprint density at radius 3 is 2.41 bits per heavy atom. The van der Waals surface area contributed by atoms with Crippen molar-refractivity contribution in [2.24, 2.45) is 5.92 Å². The van der Waals surface area contributed by atoms with Gasteiger partial charge in [-0.2, -0.15) is 0 Å². The van der Waals surface area contributed by atoms with Crippen molar-refractivity contribution in [1.82, 2.24) is 9.80 Å². The van der Waals surface area contributed by atoms with E-state index in [1.807, 2.05) is 23.1 Å². The zero-order valence-electron chi connectivity index (χ0n) is 17.8. The summed E-state index contributed by atoms with van der Waals surface area (Å²) in [6.45, 7) is 1.72. The molecule has 0 radical (unpaired) electrons. The predicted octanol–water partition coefficient (Wildman–Crippen LogP) is 2.89. The molecule has 0 N–H and O–H groups in total. The molecule has 1 saturated heterocycles. The topological polar surface area (TPSA) is 80.1 Å². The lowest BCUT2D eigenvalue weighted by Gasteiger charge is -2.34. The Hall–Kier alpha value is -3.61. The lowest BCUT2D eigenvalue weighted by atomic mass is 10.1. The van der Waals surface area contributed by atoms with Crippen molar-refractivity contribution in [2.75, 3.05) is 33.3 Å². The third-order valence-electron chi connectivity index (χ3n) is 6.39. The van der Waals surface area contributed by atoms with E-state index in [0.29, 0.717) is 48.8 Å². The second-order valence-electron chi connectivity index (χ2n) is 8.30. The van der Waals surface area contributed by atoms with Gasteiger partial charge in [-0.15, -0.1) is 0 Å². The second-order valence-corrected chi connectivity index (χ2v) is 8.30. The summed E-state index contributed by atoms with van der Waals surface area (Å²) in [6.07, 6.45) is 0.879. The first-order valence-electron chi connectivity index (χ1n) is 10.8. The molecule has 1 aliphatic heterocycles. The smallest absolute Gasteiger partial charge is 0.349 e. The van der Waals surface area contributed by atoms with E-state index in [1.165, 1.54) is 12.7 Å². The summed E-state index contributed by atoms with van der Waals surface area (Å²) in [6, 6.07) is 16.9. The summed E-state index contributed by atoms with van der Waals surface area (Å²) in [4.78, 5) is 41.9. The fourth-order valence-electron chi connectivity index (χ4n) is 4.50. The molecule has 2 heterocycles. The number of ether oxygens (including phenoxy) is 1. The Morgan fingerprint density at radius 1 is 0.969 bits per heavy atom. The highest BCUT2D eigenvalue weighted by molar-refractivity contribution is 5.97. The standard InChI is InChI=1S/C25H24N2O5/c1-31-21-9-5-8-17-14-20(25(30)32-22(17)21)24(29)27-12-10-26(11-13-27)23(28)19-15-18(19)16-6-3-2-4-7-16/h2-9,14,18-19H,10-13,15H2,1H3. The van der Waals surface area contributed by atoms with E-state index in [9.17, 15) is 14.4 Å². The summed E-state index contributed by atoms with van der Waals surface area (Å²) in [5.41, 5.74) is 0.842. The van der Waals surface area contributed by atoms with Crippen LogP contribution in [0.2, 0.25) is 0 Å². The summed E-state index contributed by atoms with van der Waals surface area (Å²) in [7, 11) is 1.50. The Balaban J connectivity index is 1.25. The molecule has 7 nitrogen and oxygen atoms in total. The molecule has 32 heavy (non-hydrogen) atoms. The Labute approximate surface area is 185 Å². The highest BCUT2D eigenvalue weighted by Crippen LogP contribution is 2.48. The molecule has 2 fully saturated rings. The van der Waals surface area contributed by atoms with Crippen LogP contribution in [-0.2, 0) is 4.79 Å². The largest absolute Gasteiger partial charge is 0.493 e. The van der Waals surface area contributed by atoms with Gasteiger partial charge in [0.15, 0.2) is 11.3 Å². The van der Waals surface area contributed by atoms with E-state index in [4.69, 9.17) is 9.15 Å². The van der Waals surface area contributed by atoms with Crippen LogP contribution in [0.4, 0.5) is 0 Å². The van der Waals surface area contributed by atoms with Crippen molar-refractivity contribution < 1.29 is 18.7 Å². The molecule has 164 valence electrons. The maximum absolute atomic E-state index is 13.0. The van der Waals surface area contributed by atoms with Crippen LogP contribution in [-0.4, -0.2) is 54.9 Å². The molecule has 2 amide bonds. The number of rotatable bonds is 4. The number of piperazine rings is 1. The molecule has 5 rings (SSSR count). The highest BCUT2D eigenvalue weighted by atomic mass is 16.5. The number of amides is 2. The average molecular weight is 432 g/mol. The van der Waals surface area contributed by atoms with Crippen molar-refractivity contribution >= 4 is 22.8 Å². The molecule has 1 aromatic heterocycles. The van der Waals surface area contributed by atoms with Crippen LogP contribution >= 0.6 is 0 Å². The monoisotopic (exact) mass is 432 g/mol. The van der Waals surface area contributed by atoms with Gasteiger partial charge in [-0.05, 0) is 30.0 Å². The van der Waals surface area contributed by atoms with Gasteiger partial charge in [0.05, 0.1) is 7.11 Å². The number of hydrogen-bond donors (Lipinski definition) is 0. The maximum atomic E-state index is 13.0. The van der Waals surface area contributed by atoms with Gasteiger partial charge in [0, 0.05) is 37.5 Å². The van der Waals surface area contributed by atoms with Gasteiger partial charge < -0.3 is 19.0 Å². The van der Waals surface area contributed by atoms with Crippen LogP contribution in [0, 0.1) is 5.92 Å². The first-order chi connectivity index (χ1) is 15.6. The molecular weight excluding hydrogens is 408 g/mol. The van der Waals surface area contributed by atoms with Gasteiger partial charge in [0.25, 0.3) is 5.91 Å². The van der Waals surface area contributed by atoms with Gasteiger partial charge >= 0.3 is 5.63 Å². The number of para-hydroxylation sites is 1. The van der Waals surface area contributed by atoms with Crippen LogP contribution < -0.4 is 10.4 Å². The highest BCUT2D eigenvalue weighted by Gasteiger charge is 2.46. The second kappa shape index (κ2) is 8.15. The average Bonchev–Trinajstić information content (AvgIpc) is 3.64. The zero-order valence-corrected chi connectivity index (χ0v) is 17.8. The number of carbonyl (C=O) groups excluding carboxylic acids is 2. The van der Waals surface area contributed by atoms with Crippen LogP contribution in [0.3, 0.4) is 0 Å². The van der Waals surface area contributed by atoms with Crippen LogP contribution in [0.5, 0.6) is 5.75 Å². The summed E-state index contributed by atoms with van der Waals surface area (Å²) < 4.78 is 10.6. The fourth-order valence-corrected chi connectivity index (χ4v) is 4.50. The molecule has 3 aromatic rings. The third kappa shape index (κ3) is 3.64. The van der Waals surface area contributed by atoms with Crippen molar-refractivity contribution in [3.05, 3.63) is 76.1 Å². The molecule has 0 bridgehead atoms. The number of carbonyl (C=O) groups is 2. The van der Waals surface area contributed by atoms with E-state index in [2.05, 4.69) is 12.1 Å². The zero-order chi connectivity index (χ0) is 22.2. The SMILES string of the molecule is COc1cccc2cc(C(=O)N3CCN(C(=O)C4CC4c4ccccc4)CC3)c(=O)oc12. The van der Waals surface area contributed by atoms with Crippen molar-refractivity contribution in [3.63, 3.8) is 0 Å². The number of methoxy groups -OCH3 is 1. The molecule has 2 atom stereocenters. The van der Waals surface area contributed by atoms with E-state index in [0.717, 1.165) is 6.42 Å². The Morgan fingerprint density at radius 2 is 1.69 bits per heavy atom. The van der Waals surface area contributed by atoms with Gasteiger partial charge in [0.2, 0.25) is 5.91 Å². The predicted molar refractivity (Wildman–Crippen MR) is 119 cm³/mol. The molecule has 0 spiro atoms. The number of benzene rings is 2. The van der Waals surface area contributed by atoms with E-state index < -0.39 is 5.63 Å². The minimum atomic E-state index is -0.686. The molecular formula is C25H24N2O5. The minimum Gasteiger partial charge on any atom is -0.493 e. The Kier molecular flexibility index (Phi) is 5.17. The van der Waals surface area contributed by atoms with Gasteiger partial charge in [0.1, 0.15) is 5.56 Å². The van der Waals surface area contributed by atoms with Crippen molar-refractivity contribution in [3.8, 4) is 5.75 Å². The van der Waals surface area contributed by atoms with E-state index in [1.54, 1.807) is 29.2 Å².